The SMILES string of the molecule is CC1CN(C(=O)c2ccc([N+](=O)[O-])o2)CC1C(=O)O. The van der Waals surface area contributed by atoms with Crippen LogP contribution in [0.3, 0.4) is 0 Å². The smallest absolute Gasteiger partial charge is 0.433 e. The van der Waals surface area contributed by atoms with Gasteiger partial charge in [0.2, 0.25) is 0 Å². The van der Waals surface area contributed by atoms with Crippen molar-refractivity contribution in [1.82, 2.24) is 4.90 Å². The molecule has 1 fully saturated rings. The maximum atomic E-state index is 12.0. The first-order valence-corrected chi connectivity index (χ1v) is 5.66. The maximum absolute atomic E-state index is 12.0. The lowest BCUT2D eigenvalue weighted by atomic mass is 9.99. The fraction of sp³-hybridized carbons (Fsp3) is 0.455. The van der Waals surface area contributed by atoms with Gasteiger partial charge in [-0.25, -0.2) is 0 Å². The fourth-order valence-electron chi connectivity index (χ4n) is 2.15. The number of carbonyl (C=O) groups excluding carboxylic acids is 1. The Balaban J connectivity index is 2.12. The number of furan rings is 1. The van der Waals surface area contributed by atoms with Crippen LogP contribution < -0.4 is 0 Å². The highest BCUT2D eigenvalue weighted by molar-refractivity contribution is 5.92. The molecule has 0 spiro atoms. The number of nitrogens with zero attached hydrogens (tertiary/aromatic N) is 2. The third kappa shape index (κ3) is 2.42. The number of hydrogen-bond acceptors (Lipinski definition) is 5. The molecular weight excluding hydrogens is 256 g/mol. The zero-order valence-corrected chi connectivity index (χ0v) is 10.1. The summed E-state index contributed by atoms with van der Waals surface area (Å²) in [4.78, 5) is 34.0. The molecule has 0 aliphatic carbocycles. The number of carboxylic acids is 1. The molecule has 0 radical (unpaired) electrons. The first-order valence-electron chi connectivity index (χ1n) is 5.66. The van der Waals surface area contributed by atoms with Crippen LogP contribution in [-0.2, 0) is 4.79 Å². The molecule has 1 N–H and O–H groups in total. The third-order valence-corrected chi connectivity index (χ3v) is 3.20. The van der Waals surface area contributed by atoms with Crippen molar-refractivity contribution in [2.24, 2.45) is 11.8 Å². The number of aliphatic carboxylic acids is 1. The summed E-state index contributed by atoms with van der Waals surface area (Å²) in [5, 5.41) is 19.4. The molecule has 2 atom stereocenters. The molecule has 1 aromatic heterocycles. The highest BCUT2D eigenvalue weighted by Gasteiger charge is 2.38. The molecule has 0 bridgehead atoms. The van der Waals surface area contributed by atoms with Gasteiger partial charge in [0, 0.05) is 13.1 Å². The molecule has 0 aromatic carbocycles. The molecule has 2 unspecified atom stereocenters. The molecule has 2 heterocycles. The van der Waals surface area contributed by atoms with Crippen molar-refractivity contribution in [3.8, 4) is 0 Å². The van der Waals surface area contributed by atoms with E-state index in [1.807, 2.05) is 0 Å². The van der Waals surface area contributed by atoms with Gasteiger partial charge in [-0.15, -0.1) is 0 Å². The Labute approximate surface area is 107 Å². The van der Waals surface area contributed by atoms with E-state index in [4.69, 9.17) is 9.52 Å². The minimum absolute atomic E-state index is 0.0871. The Hall–Kier alpha value is -2.38. The van der Waals surface area contributed by atoms with E-state index in [1.54, 1.807) is 6.92 Å². The van der Waals surface area contributed by atoms with Gasteiger partial charge >= 0.3 is 11.9 Å². The van der Waals surface area contributed by atoms with E-state index in [0.717, 1.165) is 6.07 Å². The van der Waals surface area contributed by atoms with Crippen LogP contribution in [0.25, 0.3) is 0 Å². The predicted octanol–water partition coefficient (Wildman–Crippen LogP) is 0.980. The first kappa shape index (κ1) is 13.1. The quantitative estimate of drug-likeness (QED) is 0.645. The Morgan fingerprint density at radius 1 is 1.47 bits per heavy atom. The van der Waals surface area contributed by atoms with Crippen LogP contribution in [0.5, 0.6) is 0 Å². The average molecular weight is 268 g/mol. The van der Waals surface area contributed by atoms with Gasteiger partial charge in [0.25, 0.3) is 5.91 Å². The molecule has 0 saturated carbocycles. The Kier molecular flexibility index (Phi) is 3.24. The Morgan fingerprint density at radius 3 is 2.63 bits per heavy atom. The maximum Gasteiger partial charge on any atom is 0.433 e. The summed E-state index contributed by atoms with van der Waals surface area (Å²) < 4.78 is 4.81. The number of amides is 1. The second-order valence-electron chi connectivity index (χ2n) is 4.53. The molecule has 2 rings (SSSR count). The van der Waals surface area contributed by atoms with Crippen LogP contribution in [0.2, 0.25) is 0 Å². The molecule has 8 nitrogen and oxygen atoms in total. The van der Waals surface area contributed by atoms with Gasteiger partial charge in [-0.1, -0.05) is 6.92 Å². The van der Waals surface area contributed by atoms with Gasteiger partial charge in [0.15, 0.2) is 5.76 Å². The summed E-state index contributed by atoms with van der Waals surface area (Å²) in [6.07, 6.45) is 0. The van der Waals surface area contributed by atoms with Crippen molar-refractivity contribution in [3.05, 3.63) is 28.0 Å². The Bertz CT molecular complexity index is 537. The number of nitro groups is 1. The van der Waals surface area contributed by atoms with Crippen molar-refractivity contribution >= 4 is 17.8 Å². The van der Waals surface area contributed by atoms with E-state index < -0.39 is 28.6 Å². The molecule has 8 heteroatoms. The van der Waals surface area contributed by atoms with Gasteiger partial charge in [-0.05, 0) is 12.0 Å². The van der Waals surface area contributed by atoms with E-state index >= 15 is 0 Å². The fourth-order valence-corrected chi connectivity index (χ4v) is 2.15. The van der Waals surface area contributed by atoms with E-state index in [1.165, 1.54) is 11.0 Å². The number of hydrogen-bond donors (Lipinski definition) is 1. The van der Waals surface area contributed by atoms with Crippen LogP contribution in [0.15, 0.2) is 16.5 Å². The highest BCUT2D eigenvalue weighted by atomic mass is 16.6. The summed E-state index contributed by atoms with van der Waals surface area (Å²) >= 11 is 0. The zero-order valence-electron chi connectivity index (χ0n) is 10.1. The van der Waals surface area contributed by atoms with Crippen LogP contribution in [-0.4, -0.2) is 39.9 Å². The molecule has 1 amide bonds. The largest absolute Gasteiger partial charge is 0.481 e. The van der Waals surface area contributed by atoms with Gasteiger partial charge in [0.1, 0.15) is 4.92 Å². The second-order valence-corrected chi connectivity index (χ2v) is 4.53. The number of carboxylic acid groups (broad SMARTS) is 1. The van der Waals surface area contributed by atoms with Crippen LogP contribution in [0.1, 0.15) is 17.5 Å². The lowest BCUT2D eigenvalue weighted by molar-refractivity contribution is -0.402. The van der Waals surface area contributed by atoms with E-state index in [2.05, 4.69) is 0 Å². The number of likely N-dealkylation sites (tertiary alicyclic amines) is 1. The van der Waals surface area contributed by atoms with E-state index in [-0.39, 0.29) is 18.2 Å². The van der Waals surface area contributed by atoms with Crippen molar-refractivity contribution in [1.29, 1.82) is 0 Å². The first-order chi connectivity index (χ1) is 8.90. The number of carbonyl (C=O) groups is 2. The van der Waals surface area contributed by atoms with Crippen molar-refractivity contribution in [3.63, 3.8) is 0 Å². The standard InChI is InChI=1S/C11H12N2O6/c1-6-4-12(5-7(6)11(15)16)10(14)8-2-3-9(19-8)13(17)18/h2-3,6-7H,4-5H2,1H3,(H,15,16). The summed E-state index contributed by atoms with van der Waals surface area (Å²) in [5.41, 5.74) is 0. The second kappa shape index (κ2) is 4.71. The van der Waals surface area contributed by atoms with Gasteiger partial charge in [0.05, 0.1) is 12.0 Å². The van der Waals surface area contributed by atoms with E-state index in [9.17, 15) is 19.7 Å². The Morgan fingerprint density at radius 2 is 2.16 bits per heavy atom. The van der Waals surface area contributed by atoms with Crippen LogP contribution in [0.4, 0.5) is 5.88 Å². The molecule has 1 aliphatic heterocycles. The summed E-state index contributed by atoms with van der Waals surface area (Å²) in [5.74, 6) is -2.91. The molecule has 1 aromatic rings. The summed E-state index contributed by atoms with van der Waals surface area (Å²) in [6.45, 7) is 2.13. The normalized spacial score (nSPS) is 22.5. The molecule has 102 valence electrons. The third-order valence-electron chi connectivity index (χ3n) is 3.20. The van der Waals surface area contributed by atoms with Crippen LogP contribution >= 0.6 is 0 Å². The van der Waals surface area contributed by atoms with Crippen LogP contribution in [0, 0.1) is 22.0 Å². The highest BCUT2D eigenvalue weighted by Crippen LogP contribution is 2.26. The van der Waals surface area contributed by atoms with Crippen molar-refractivity contribution < 1.29 is 24.0 Å². The van der Waals surface area contributed by atoms with Crippen molar-refractivity contribution in [2.45, 2.75) is 6.92 Å². The van der Waals surface area contributed by atoms with Gasteiger partial charge in [-0.3, -0.25) is 19.7 Å². The molecule has 1 aliphatic rings. The average Bonchev–Trinajstić information content (AvgIpc) is 2.94. The lowest BCUT2D eigenvalue weighted by Gasteiger charge is -2.13. The molecule has 1 saturated heterocycles. The summed E-state index contributed by atoms with van der Waals surface area (Å²) in [7, 11) is 0. The lowest BCUT2D eigenvalue weighted by Crippen LogP contribution is -2.29. The molecular formula is C11H12N2O6. The topological polar surface area (TPSA) is 114 Å². The minimum Gasteiger partial charge on any atom is -0.481 e. The molecule has 19 heavy (non-hydrogen) atoms. The summed E-state index contributed by atoms with van der Waals surface area (Å²) in [6, 6.07) is 2.32. The predicted molar refractivity (Wildman–Crippen MR) is 61.6 cm³/mol. The van der Waals surface area contributed by atoms with Gasteiger partial charge < -0.3 is 14.4 Å². The monoisotopic (exact) mass is 268 g/mol. The van der Waals surface area contributed by atoms with E-state index in [0.29, 0.717) is 6.54 Å². The minimum atomic E-state index is -0.951. The van der Waals surface area contributed by atoms with Crippen molar-refractivity contribution in [2.75, 3.05) is 13.1 Å². The number of rotatable bonds is 3. The van der Waals surface area contributed by atoms with Gasteiger partial charge in [-0.2, -0.15) is 0 Å². The zero-order chi connectivity index (χ0) is 14.2.